The number of halogens is 1. The van der Waals surface area contributed by atoms with Crippen LogP contribution in [0.4, 0.5) is 5.13 Å². The molecule has 0 fully saturated rings. The number of aromatic nitrogens is 1. The van der Waals surface area contributed by atoms with Gasteiger partial charge < -0.3 is 10.1 Å². The highest BCUT2D eigenvalue weighted by Crippen LogP contribution is 2.34. The predicted octanol–water partition coefficient (Wildman–Crippen LogP) is 6.60. The van der Waals surface area contributed by atoms with E-state index in [1.807, 2.05) is 36.4 Å². The van der Waals surface area contributed by atoms with E-state index in [1.54, 1.807) is 11.3 Å². The third-order valence-corrected chi connectivity index (χ3v) is 6.63. The van der Waals surface area contributed by atoms with Crippen LogP contribution in [-0.4, -0.2) is 11.6 Å². The lowest BCUT2D eigenvalue weighted by molar-refractivity contribution is 0.357. The lowest BCUT2D eigenvalue weighted by Crippen LogP contribution is -1.99. The van der Waals surface area contributed by atoms with Crippen LogP contribution in [-0.2, 0) is 19.4 Å². The number of nitrogens with one attached hydrogen (secondary N) is 1. The Balaban J connectivity index is 1.41. The van der Waals surface area contributed by atoms with Crippen LogP contribution >= 0.6 is 22.9 Å². The molecule has 0 amide bonds. The van der Waals surface area contributed by atoms with Crippen LogP contribution in [0.3, 0.4) is 0 Å². The molecule has 5 heteroatoms. The predicted molar refractivity (Wildman–Crippen MR) is 125 cm³/mol. The molecule has 0 spiro atoms. The maximum Gasteiger partial charge on any atom is 0.183 e. The molecule has 150 valence electrons. The Morgan fingerprint density at radius 1 is 1.00 bits per heavy atom. The number of benzene rings is 3. The van der Waals surface area contributed by atoms with Gasteiger partial charge in [-0.15, -0.1) is 11.3 Å². The van der Waals surface area contributed by atoms with Crippen molar-refractivity contribution in [1.29, 1.82) is 0 Å². The molecular formula is C25H21ClN2OS. The second kappa shape index (κ2) is 8.50. The summed E-state index contributed by atoms with van der Waals surface area (Å²) in [5.74, 6) is 1.02. The van der Waals surface area contributed by atoms with Gasteiger partial charge in [0.1, 0.15) is 5.75 Å². The van der Waals surface area contributed by atoms with Gasteiger partial charge >= 0.3 is 0 Å². The van der Waals surface area contributed by atoms with Crippen LogP contribution in [0.15, 0.2) is 72.8 Å². The van der Waals surface area contributed by atoms with Crippen molar-refractivity contribution in [3.05, 3.63) is 99.4 Å². The number of ether oxygens (including phenoxy) is 1. The number of thiazole rings is 1. The van der Waals surface area contributed by atoms with Gasteiger partial charge in [0, 0.05) is 34.8 Å². The van der Waals surface area contributed by atoms with Gasteiger partial charge in [-0.3, -0.25) is 0 Å². The topological polar surface area (TPSA) is 34.1 Å². The van der Waals surface area contributed by atoms with Crippen LogP contribution in [0, 0.1) is 0 Å². The molecule has 0 radical (unpaired) electrons. The van der Waals surface area contributed by atoms with Crippen LogP contribution in [0.1, 0.15) is 21.6 Å². The summed E-state index contributed by atoms with van der Waals surface area (Å²) in [4.78, 5) is 6.14. The van der Waals surface area contributed by atoms with E-state index < -0.39 is 0 Å². The van der Waals surface area contributed by atoms with E-state index in [4.69, 9.17) is 21.3 Å². The number of hydrogen-bond donors (Lipinski definition) is 1. The summed E-state index contributed by atoms with van der Waals surface area (Å²) in [6, 6.07) is 24.8. The molecule has 0 saturated carbocycles. The Morgan fingerprint density at radius 3 is 2.70 bits per heavy atom. The fraction of sp³-hybridized carbons (Fsp3) is 0.160. The van der Waals surface area contributed by atoms with Crippen molar-refractivity contribution in [2.75, 3.05) is 11.9 Å². The van der Waals surface area contributed by atoms with E-state index in [0.29, 0.717) is 0 Å². The van der Waals surface area contributed by atoms with Crippen molar-refractivity contribution in [2.45, 2.75) is 19.4 Å². The highest BCUT2D eigenvalue weighted by Gasteiger charge is 2.16. The molecule has 3 aromatic carbocycles. The standard InChI is InChI=1S/C25H21ClN2OS/c26-21-9-5-4-8-19(21)15-23-24(18-6-2-1-3-7-18)28-25(30-23)27-16-17-10-11-22-20(14-17)12-13-29-22/h1-11,14H,12-13,15-16H2,(H,27,28). The molecule has 0 atom stereocenters. The maximum atomic E-state index is 6.43. The van der Waals surface area contributed by atoms with Gasteiger partial charge in [-0.25, -0.2) is 4.98 Å². The summed E-state index contributed by atoms with van der Waals surface area (Å²) in [6.07, 6.45) is 1.75. The first-order chi connectivity index (χ1) is 14.8. The Labute approximate surface area is 185 Å². The summed E-state index contributed by atoms with van der Waals surface area (Å²) >= 11 is 8.12. The van der Waals surface area contributed by atoms with E-state index in [-0.39, 0.29) is 0 Å². The molecule has 5 rings (SSSR count). The van der Waals surface area contributed by atoms with E-state index in [9.17, 15) is 0 Å². The van der Waals surface area contributed by atoms with E-state index >= 15 is 0 Å². The molecule has 4 aromatic rings. The summed E-state index contributed by atoms with van der Waals surface area (Å²) in [6.45, 7) is 1.52. The van der Waals surface area contributed by atoms with Crippen LogP contribution in [0.2, 0.25) is 5.02 Å². The monoisotopic (exact) mass is 432 g/mol. The van der Waals surface area contributed by atoms with Crippen LogP contribution in [0.5, 0.6) is 5.75 Å². The number of fused-ring (bicyclic) bond motifs is 1. The minimum Gasteiger partial charge on any atom is -0.493 e. The van der Waals surface area contributed by atoms with Crippen molar-refractivity contribution in [2.24, 2.45) is 0 Å². The molecule has 3 nitrogen and oxygen atoms in total. The van der Waals surface area contributed by atoms with Gasteiger partial charge in [0.2, 0.25) is 0 Å². The zero-order valence-corrected chi connectivity index (χ0v) is 18.0. The summed E-state index contributed by atoms with van der Waals surface area (Å²) < 4.78 is 5.61. The lowest BCUT2D eigenvalue weighted by Gasteiger charge is -2.05. The fourth-order valence-electron chi connectivity index (χ4n) is 3.71. The van der Waals surface area contributed by atoms with Gasteiger partial charge in [-0.05, 0) is 28.8 Å². The average molecular weight is 433 g/mol. The molecule has 0 bridgehead atoms. The Bertz CT molecular complexity index is 1170. The molecule has 1 aromatic heterocycles. The number of nitrogens with zero attached hydrogens (tertiary/aromatic N) is 1. The Morgan fingerprint density at radius 2 is 1.83 bits per heavy atom. The van der Waals surface area contributed by atoms with E-state index in [2.05, 4.69) is 41.7 Å². The minimum atomic E-state index is 0.737. The third-order valence-electron chi connectivity index (χ3n) is 5.25. The molecule has 1 aliphatic heterocycles. The first kappa shape index (κ1) is 19.2. The van der Waals surface area contributed by atoms with Gasteiger partial charge in [0.25, 0.3) is 0 Å². The van der Waals surface area contributed by atoms with Gasteiger partial charge in [-0.1, -0.05) is 72.3 Å². The van der Waals surface area contributed by atoms with Crippen LogP contribution in [0.25, 0.3) is 11.3 Å². The lowest BCUT2D eigenvalue weighted by atomic mass is 10.1. The Kier molecular flexibility index (Phi) is 5.43. The smallest absolute Gasteiger partial charge is 0.183 e. The first-order valence-corrected chi connectivity index (χ1v) is 11.2. The zero-order valence-electron chi connectivity index (χ0n) is 16.4. The normalized spacial score (nSPS) is 12.4. The third kappa shape index (κ3) is 4.07. The van der Waals surface area contributed by atoms with E-state index in [1.165, 1.54) is 16.0 Å². The molecule has 0 aliphatic carbocycles. The quantitative estimate of drug-likeness (QED) is 0.372. The highest BCUT2D eigenvalue weighted by molar-refractivity contribution is 7.16. The molecule has 1 N–H and O–H groups in total. The Hall–Kier alpha value is -2.82. The van der Waals surface area contributed by atoms with Gasteiger partial charge in [0.05, 0.1) is 12.3 Å². The maximum absolute atomic E-state index is 6.43. The van der Waals surface area contributed by atoms with E-state index in [0.717, 1.165) is 58.7 Å². The first-order valence-electron chi connectivity index (χ1n) is 10.0. The fourth-order valence-corrected chi connectivity index (χ4v) is 4.92. The van der Waals surface area contributed by atoms with Crippen molar-refractivity contribution >= 4 is 28.1 Å². The molecule has 30 heavy (non-hydrogen) atoms. The van der Waals surface area contributed by atoms with Crippen molar-refractivity contribution in [3.63, 3.8) is 0 Å². The van der Waals surface area contributed by atoms with Crippen molar-refractivity contribution in [3.8, 4) is 17.0 Å². The van der Waals surface area contributed by atoms with Crippen molar-refractivity contribution < 1.29 is 4.74 Å². The average Bonchev–Trinajstić information content (AvgIpc) is 3.41. The molecule has 0 unspecified atom stereocenters. The largest absolute Gasteiger partial charge is 0.493 e. The van der Waals surface area contributed by atoms with Gasteiger partial charge in [0.15, 0.2) is 5.13 Å². The summed E-state index contributed by atoms with van der Waals surface area (Å²) in [7, 11) is 0. The molecule has 1 aliphatic rings. The summed E-state index contributed by atoms with van der Waals surface area (Å²) in [5, 5.41) is 5.23. The van der Waals surface area contributed by atoms with Crippen molar-refractivity contribution in [1.82, 2.24) is 4.98 Å². The zero-order chi connectivity index (χ0) is 20.3. The van der Waals surface area contributed by atoms with Gasteiger partial charge in [-0.2, -0.15) is 0 Å². The highest BCUT2D eigenvalue weighted by atomic mass is 35.5. The molecular weight excluding hydrogens is 412 g/mol. The second-order valence-corrected chi connectivity index (χ2v) is 8.81. The number of rotatable bonds is 6. The SMILES string of the molecule is Clc1ccccc1Cc1sc(NCc2ccc3c(c2)CCO3)nc1-c1ccccc1. The molecule has 0 saturated heterocycles. The molecule has 2 heterocycles. The summed E-state index contributed by atoms with van der Waals surface area (Å²) in [5.41, 5.74) is 5.79. The number of anilines is 1. The minimum absolute atomic E-state index is 0.737. The van der Waals surface area contributed by atoms with Crippen LogP contribution < -0.4 is 10.1 Å². The second-order valence-electron chi connectivity index (χ2n) is 7.32. The number of hydrogen-bond acceptors (Lipinski definition) is 4.